The first-order valence-electron chi connectivity index (χ1n) is 14.8. The fraction of sp³-hybridized carbons (Fsp3) is 0.966. The molecule has 33 heavy (non-hydrogen) atoms. The molecule has 0 aliphatic carbocycles. The van der Waals surface area contributed by atoms with Crippen LogP contribution in [0.15, 0.2) is 0 Å². The predicted molar refractivity (Wildman–Crippen MR) is 163 cm³/mol. The van der Waals surface area contributed by atoms with Gasteiger partial charge in [-0.05, 0) is 18.6 Å². The Morgan fingerprint density at radius 3 is 0.818 bits per heavy atom. The zero-order valence-corrected chi connectivity index (χ0v) is 24.7. The molecule has 0 aromatic carbocycles. The Kier molecular flexibility index (Phi) is 31.2. The molecule has 0 aromatic heterocycles. The highest BCUT2D eigenvalue weighted by atomic mass is 32.1. The lowest BCUT2D eigenvalue weighted by Gasteiger charge is -2.05. The molecular weight excluding hydrogens is 459 g/mol. The van der Waals surface area contributed by atoms with Crippen molar-refractivity contribution in [2.45, 2.75) is 167 Å². The molecule has 0 atom stereocenters. The topological polar surface area (TPSA) is 12.0 Å². The number of nitrogens with one attached hydrogen (secondary N) is 1. The summed E-state index contributed by atoms with van der Waals surface area (Å²) in [5.41, 5.74) is 0. The lowest BCUT2D eigenvalue weighted by Crippen LogP contribution is -2.17. The Labute approximate surface area is 225 Å². The molecule has 0 spiro atoms. The lowest BCUT2D eigenvalue weighted by atomic mass is 10.0. The fourth-order valence-electron chi connectivity index (χ4n) is 4.67. The van der Waals surface area contributed by atoms with Gasteiger partial charge in [-0.3, -0.25) is 0 Å². The van der Waals surface area contributed by atoms with Crippen LogP contribution in [0.4, 0.5) is 0 Å². The number of thiol groups is 2. The Bertz CT molecular complexity index is 376. The third-order valence-electron chi connectivity index (χ3n) is 6.86. The lowest BCUT2D eigenvalue weighted by molar-refractivity contribution is 0.515. The Morgan fingerprint density at radius 1 is 0.394 bits per heavy atom. The second-order valence-electron chi connectivity index (χ2n) is 10.1. The average molecular weight is 518 g/mol. The van der Waals surface area contributed by atoms with Crippen LogP contribution in [0, 0.1) is 0 Å². The summed E-state index contributed by atoms with van der Waals surface area (Å²) in [5.74, 6) is 1.06. The molecule has 1 N–H and O–H groups in total. The maximum atomic E-state index is 4.89. The van der Waals surface area contributed by atoms with Crippen LogP contribution in [0.2, 0.25) is 0 Å². The van der Waals surface area contributed by atoms with Crippen molar-refractivity contribution in [1.29, 1.82) is 0 Å². The number of unbranched alkanes of at least 4 members (excludes halogenated alkanes) is 25. The predicted octanol–water partition coefficient (Wildman–Crippen LogP) is 10.9. The molecule has 1 nitrogen and oxygen atoms in total. The van der Waals surface area contributed by atoms with E-state index < -0.39 is 0 Å². The molecule has 0 heterocycles. The van der Waals surface area contributed by atoms with Crippen LogP contribution in [0.1, 0.15) is 167 Å². The van der Waals surface area contributed by atoms with Crippen molar-refractivity contribution in [3.05, 3.63) is 0 Å². The van der Waals surface area contributed by atoms with Gasteiger partial charge in [-0.1, -0.05) is 166 Å². The molecule has 198 valence electrons. The van der Waals surface area contributed by atoms with E-state index in [2.05, 4.69) is 30.6 Å². The van der Waals surface area contributed by atoms with E-state index in [-0.39, 0.29) is 0 Å². The van der Waals surface area contributed by atoms with Crippen molar-refractivity contribution in [3.8, 4) is 0 Å². The van der Waals surface area contributed by atoms with Crippen molar-refractivity contribution in [3.63, 3.8) is 0 Å². The van der Waals surface area contributed by atoms with Crippen LogP contribution in [0.5, 0.6) is 0 Å². The Balaban J connectivity index is 3.01. The van der Waals surface area contributed by atoms with Gasteiger partial charge in [0.15, 0.2) is 0 Å². The van der Waals surface area contributed by atoms with Crippen molar-refractivity contribution in [2.75, 3.05) is 12.3 Å². The molecule has 0 saturated heterocycles. The summed E-state index contributed by atoms with van der Waals surface area (Å²) in [4.78, 5) is 0. The van der Waals surface area contributed by atoms with E-state index in [9.17, 15) is 0 Å². The minimum absolute atomic E-state index is 0.628. The molecule has 0 unspecified atom stereocenters. The maximum absolute atomic E-state index is 4.89. The second kappa shape index (κ2) is 30.6. The number of thiocarbonyl (C=S) groups is 1. The fourth-order valence-corrected chi connectivity index (χ4v) is 5.11. The molecule has 0 saturated carbocycles. The summed E-state index contributed by atoms with van der Waals surface area (Å²) in [7, 11) is 0. The first-order chi connectivity index (χ1) is 16.3. The minimum Gasteiger partial charge on any atom is -0.371 e. The molecule has 4 heteroatoms. The van der Waals surface area contributed by atoms with Crippen LogP contribution in [-0.4, -0.2) is 16.6 Å². The monoisotopic (exact) mass is 517 g/mol. The van der Waals surface area contributed by atoms with E-state index in [4.69, 9.17) is 12.2 Å². The molecule has 0 rings (SSSR count). The SMILES string of the molecule is S=C(S)NCCCCCCCCCCCCCCCCCCCCCCCCCCCCS. The van der Waals surface area contributed by atoms with E-state index in [1.54, 1.807) is 0 Å². The Hall–Kier alpha value is 0.590. The average Bonchev–Trinajstić information content (AvgIpc) is 2.80. The van der Waals surface area contributed by atoms with Gasteiger partial charge in [0.05, 0.1) is 0 Å². The van der Waals surface area contributed by atoms with Gasteiger partial charge in [0.2, 0.25) is 0 Å². The highest BCUT2D eigenvalue weighted by Gasteiger charge is 1.96. The smallest absolute Gasteiger partial charge is 0.130 e. The van der Waals surface area contributed by atoms with Gasteiger partial charge in [0.1, 0.15) is 4.32 Å². The molecule has 0 fully saturated rings. The summed E-state index contributed by atoms with van der Waals surface area (Å²) in [5, 5.41) is 3.11. The van der Waals surface area contributed by atoms with Gasteiger partial charge >= 0.3 is 0 Å². The summed E-state index contributed by atoms with van der Waals surface area (Å²) in [6.07, 6.45) is 37.2. The van der Waals surface area contributed by atoms with Crippen LogP contribution in [0.25, 0.3) is 0 Å². The molecule has 0 aromatic rings. The summed E-state index contributed by atoms with van der Waals surface area (Å²) in [6.45, 7) is 0.986. The van der Waals surface area contributed by atoms with Crippen LogP contribution < -0.4 is 5.32 Å². The largest absolute Gasteiger partial charge is 0.371 e. The van der Waals surface area contributed by atoms with Gasteiger partial charge < -0.3 is 5.32 Å². The van der Waals surface area contributed by atoms with E-state index in [0.717, 1.165) is 12.3 Å². The third-order valence-corrected chi connectivity index (χ3v) is 7.48. The summed E-state index contributed by atoms with van der Waals surface area (Å²) in [6, 6.07) is 0. The number of hydrogen-bond donors (Lipinski definition) is 3. The van der Waals surface area contributed by atoms with Crippen LogP contribution in [-0.2, 0) is 0 Å². The maximum Gasteiger partial charge on any atom is 0.130 e. The summed E-state index contributed by atoms with van der Waals surface area (Å²) >= 11 is 13.2. The van der Waals surface area contributed by atoms with Crippen LogP contribution >= 0.6 is 37.5 Å². The van der Waals surface area contributed by atoms with Gasteiger partial charge in [0.25, 0.3) is 0 Å². The van der Waals surface area contributed by atoms with Gasteiger partial charge in [-0.15, -0.1) is 12.6 Å². The van der Waals surface area contributed by atoms with Crippen LogP contribution in [0.3, 0.4) is 0 Å². The minimum atomic E-state index is 0.628. The van der Waals surface area contributed by atoms with Crippen molar-refractivity contribution in [2.24, 2.45) is 0 Å². The van der Waals surface area contributed by atoms with Gasteiger partial charge in [0, 0.05) is 6.54 Å². The normalized spacial score (nSPS) is 11.2. The molecule has 0 bridgehead atoms. The molecule has 0 radical (unpaired) electrons. The quantitative estimate of drug-likeness (QED) is 0.0542. The number of rotatable bonds is 28. The molecular formula is C29H59NS3. The number of hydrogen-bond acceptors (Lipinski definition) is 2. The van der Waals surface area contributed by atoms with E-state index in [1.165, 1.54) is 167 Å². The van der Waals surface area contributed by atoms with E-state index in [1.807, 2.05) is 0 Å². The van der Waals surface area contributed by atoms with E-state index in [0.29, 0.717) is 4.32 Å². The first-order valence-corrected chi connectivity index (χ1v) is 16.3. The highest BCUT2D eigenvalue weighted by molar-refractivity contribution is 8.11. The van der Waals surface area contributed by atoms with Crippen molar-refractivity contribution < 1.29 is 0 Å². The zero-order chi connectivity index (χ0) is 24.1. The van der Waals surface area contributed by atoms with Crippen molar-refractivity contribution >= 4 is 41.8 Å². The molecule has 0 amide bonds. The van der Waals surface area contributed by atoms with E-state index >= 15 is 0 Å². The second-order valence-corrected chi connectivity index (χ2v) is 11.8. The molecule has 0 aliphatic heterocycles. The third kappa shape index (κ3) is 32.6. The highest BCUT2D eigenvalue weighted by Crippen LogP contribution is 2.16. The summed E-state index contributed by atoms with van der Waals surface area (Å²) < 4.78 is 0.628. The standard InChI is InChI=1S/C29H59NS3/c31-28-26-24-22-20-18-16-14-12-10-8-6-4-2-1-3-5-7-9-11-13-15-17-19-21-23-25-27-30-29(32)33/h31H,1-28H2,(H2,30,32,33). The van der Waals surface area contributed by atoms with Gasteiger partial charge in [-0.25, -0.2) is 0 Å². The van der Waals surface area contributed by atoms with Crippen molar-refractivity contribution in [1.82, 2.24) is 5.32 Å². The van der Waals surface area contributed by atoms with Gasteiger partial charge in [-0.2, -0.15) is 12.6 Å². The molecule has 0 aliphatic rings. The zero-order valence-electron chi connectivity index (χ0n) is 22.1. The Morgan fingerprint density at radius 2 is 0.606 bits per heavy atom. The first kappa shape index (κ1) is 33.6.